The molecule has 1 amide bonds. The Morgan fingerprint density at radius 3 is 2.78 bits per heavy atom. The van der Waals surface area contributed by atoms with Gasteiger partial charge in [0.2, 0.25) is 0 Å². The third-order valence-electron chi connectivity index (χ3n) is 3.58. The monoisotopic (exact) mass is 307 g/mol. The quantitative estimate of drug-likeness (QED) is 0.683. The highest BCUT2D eigenvalue weighted by Gasteiger charge is 2.25. The summed E-state index contributed by atoms with van der Waals surface area (Å²) in [6.45, 7) is 1.09. The second kappa shape index (κ2) is 5.57. The molecule has 0 atom stereocenters. The van der Waals surface area contributed by atoms with E-state index in [0.29, 0.717) is 24.7 Å². The highest BCUT2D eigenvalue weighted by Crippen LogP contribution is 2.30. The minimum Gasteiger partial charge on any atom is -0.486 e. The normalized spacial score (nSPS) is 17.4. The van der Waals surface area contributed by atoms with Crippen molar-refractivity contribution >= 4 is 23.5 Å². The average Bonchev–Trinajstić information content (AvgIpc) is 2.90. The van der Waals surface area contributed by atoms with Crippen molar-refractivity contribution in [2.75, 3.05) is 18.5 Å². The zero-order chi connectivity index (χ0) is 15.6. The number of nitrogens with zero attached hydrogens (tertiary/aromatic N) is 2. The van der Waals surface area contributed by atoms with Crippen LogP contribution in [-0.4, -0.2) is 31.0 Å². The van der Waals surface area contributed by atoms with Crippen molar-refractivity contribution in [3.63, 3.8) is 0 Å². The van der Waals surface area contributed by atoms with Crippen molar-refractivity contribution in [3.8, 4) is 11.5 Å². The first kappa shape index (κ1) is 13.5. The first-order chi connectivity index (χ1) is 11.3. The van der Waals surface area contributed by atoms with E-state index in [4.69, 9.17) is 9.47 Å². The predicted molar refractivity (Wildman–Crippen MR) is 86.6 cm³/mol. The van der Waals surface area contributed by atoms with Crippen LogP contribution in [0, 0.1) is 0 Å². The van der Waals surface area contributed by atoms with E-state index in [1.807, 2.05) is 42.5 Å². The third kappa shape index (κ3) is 2.55. The van der Waals surface area contributed by atoms with Crippen molar-refractivity contribution in [2.45, 2.75) is 0 Å². The number of rotatable bonds is 2. The van der Waals surface area contributed by atoms with Crippen LogP contribution in [0.5, 0.6) is 11.5 Å². The first-order valence-electron chi connectivity index (χ1n) is 7.23. The molecule has 2 aliphatic heterocycles. The van der Waals surface area contributed by atoms with Gasteiger partial charge < -0.3 is 14.8 Å². The van der Waals surface area contributed by atoms with Crippen LogP contribution in [0.1, 0.15) is 11.1 Å². The largest absolute Gasteiger partial charge is 0.486 e. The van der Waals surface area contributed by atoms with Gasteiger partial charge in [-0.15, -0.1) is 5.10 Å². The lowest BCUT2D eigenvalue weighted by molar-refractivity contribution is -0.110. The van der Waals surface area contributed by atoms with Gasteiger partial charge in [-0.05, 0) is 29.8 Å². The highest BCUT2D eigenvalue weighted by molar-refractivity contribution is 6.53. The molecule has 0 aromatic heterocycles. The molecular formula is C17H13N3O3. The number of amides is 1. The van der Waals surface area contributed by atoms with Crippen LogP contribution < -0.4 is 14.8 Å². The number of benzene rings is 2. The number of carbonyl (C=O) groups excluding carboxylic acids is 1. The number of anilines is 1. The molecule has 2 aliphatic rings. The summed E-state index contributed by atoms with van der Waals surface area (Å²) in [5.74, 6) is 1.17. The molecule has 6 nitrogen and oxygen atoms in total. The average molecular weight is 307 g/mol. The molecule has 0 saturated heterocycles. The molecule has 1 N–H and O–H groups in total. The Labute approximate surface area is 132 Å². The van der Waals surface area contributed by atoms with E-state index in [2.05, 4.69) is 15.5 Å². The summed E-state index contributed by atoms with van der Waals surface area (Å²) in [4.78, 5) is 11.9. The standard InChI is InChI=1S/C17H13N3O3/c21-17-16(12-3-1-2-4-13(12)19-17)20-18-10-11-5-6-14-15(9-11)23-8-7-22-14/h1-6,9-10H,7-8H2,(H,19,20,21)/b18-10+. The number of carbonyl (C=O) groups is 1. The van der Waals surface area contributed by atoms with E-state index < -0.39 is 0 Å². The minimum absolute atomic E-state index is 0.245. The van der Waals surface area contributed by atoms with Gasteiger partial charge in [-0.25, -0.2) is 0 Å². The lowest BCUT2D eigenvalue weighted by atomic mass is 10.1. The van der Waals surface area contributed by atoms with Crippen LogP contribution in [0.2, 0.25) is 0 Å². The molecule has 0 unspecified atom stereocenters. The highest BCUT2D eigenvalue weighted by atomic mass is 16.6. The van der Waals surface area contributed by atoms with Gasteiger partial charge in [0.25, 0.3) is 5.91 Å². The maximum Gasteiger partial charge on any atom is 0.276 e. The Balaban J connectivity index is 1.59. The molecule has 114 valence electrons. The summed E-state index contributed by atoms with van der Waals surface area (Å²) in [5, 5.41) is 10.8. The lowest BCUT2D eigenvalue weighted by Gasteiger charge is -2.18. The Kier molecular flexibility index (Phi) is 3.27. The molecule has 0 bridgehead atoms. The van der Waals surface area contributed by atoms with Gasteiger partial charge in [-0.3, -0.25) is 4.79 Å². The second-order valence-corrected chi connectivity index (χ2v) is 5.10. The summed E-state index contributed by atoms with van der Waals surface area (Å²) < 4.78 is 11.0. The number of hydrogen-bond donors (Lipinski definition) is 1. The fourth-order valence-corrected chi connectivity index (χ4v) is 2.50. The molecule has 6 heteroatoms. The van der Waals surface area contributed by atoms with Gasteiger partial charge in [0, 0.05) is 5.56 Å². The van der Waals surface area contributed by atoms with Crippen LogP contribution in [0.25, 0.3) is 0 Å². The number of para-hydroxylation sites is 1. The molecule has 0 fully saturated rings. The molecule has 2 aromatic rings. The number of hydrogen-bond acceptors (Lipinski definition) is 5. The van der Waals surface area contributed by atoms with Gasteiger partial charge in [0.15, 0.2) is 17.2 Å². The van der Waals surface area contributed by atoms with Crippen LogP contribution in [-0.2, 0) is 4.79 Å². The Bertz CT molecular complexity index is 843. The van der Waals surface area contributed by atoms with E-state index in [9.17, 15) is 4.79 Å². The van der Waals surface area contributed by atoms with Crippen LogP contribution in [0.4, 0.5) is 5.69 Å². The van der Waals surface area contributed by atoms with E-state index in [1.54, 1.807) is 6.21 Å². The molecular weight excluding hydrogens is 294 g/mol. The molecule has 23 heavy (non-hydrogen) atoms. The summed E-state index contributed by atoms with van der Waals surface area (Å²) in [7, 11) is 0. The fraction of sp³-hybridized carbons (Fsp3) is 0.118. The first-order valence-corrected chi connectivity index (χ1v) is 7.23. The van der Waals surface area contributed by atoms with Gasteiger partial charge in [-0.2, -0.15) is 5.10 Å². The Morgan fingerprint density at radius 1 is 1.04 bits per heavy atom. The van der Waals surface area contributed by atoms with Gasteiger partial charge in [0.1, 0.15) is 13.2 Å². The summed E-state index contributed by atoms with van der Waals surface area (Å²) in [6, 6.07) is 12.9. The molecule has 0 saturated carbocycles. The Morgan fingerprint density at radius 2 is 1.87 bits per heavy atom. The topological polar surface area (TPSA) is 72.3 Å². The second-order valence-electron chi connectivity index (χ2n) is 5.10. The van der Waals surface area contributed by atoms with Crippen LogP contribution in [0.3, 0.4) is 0 Å². The van der Waals surface area contributed by atoms with Crippen molar-refractivity contribution in [1.82, 2.24) is 0 Å². The van der Waals surface area contributed by atoms with Gasteiger partial charge in [0.05, 0.1) is 11.9 Å². The Hall–Kier alpha value is -3.15. The smallest absolute Gasteiger partial charge is 0.276 e. The number of ether oxygens (including phenoxy) is 2. The minimum atomic E-state index is -0.245. The number of nitrogens with one attached hydrogen (secondary N) is 1. The maximum absolute atomic E-state index is 11.9. The van der Waals surface area contributed by atoms with Crippen molar-refractivity contribution < 1.29 is 14.3 Å². The summed E-state index contributed by atoms with van der Waals surface area (Å²) >= 11 is 0. The van der Waals surface area contributed by atoms with E-state index >= 15 is 0 Å². The molecule has 2 aromatic carbocycles. The predicted octanol–water partition coefficient (Wildman–Crippen LogP) is 2.23. The summed E-state index contributed by atoms with van der Waals surface area (Å²) in [6.07, 6.45) is 1.58. The van der Waals surface area contributed by atoms with E-state index in [1.165, 1.54) is 0 Å². The van der Waals surface area contributed by atoms with E-state index in [0.717, 1.165) is 22.6 Å². The summed E-state index contributed by atoms with van der Waals surface area (Å²) in [5.41, 5.74) is 2.65. The third-order valence-corrected chi connectivity index (χ3v) is 3.58. The van der Waals surface area contributed by atoms with Gasteiger partial charge in [-0.1, -0.05) is 18.2 Å². The van der Waals surface area contributed by atoms with E-state index in [-0.39, 0.29) is 5.91 Å². The zero-order valence-electron chi connectivity index (χ0n) is 12.2. The lowest BCUT2D eigenvalue weighted by Crippen LogP contribution is -2.15. The zero-order valence-corrected chi connectivity index (χ0v) is 12.2. The van der Waals surface area contributed by atoms with Crippen LogP contribution >= 0.6 is 0 Å². The fourth-order valence-electron chi connectivity index (χ4n) is 2.50. The molecule has 4 rings (SSSR count). The van der Waals surface area contributed by atoms with Crippen molar-refractivity contribution in [3.05, 3.63) is 53.6 Å². The van der Waals surface area contributed by atoms with Gasteiger partial charge >= 0.3 is 0 Å². The molecule has 0 spiro atoms. The molecule has 2 heterocycles. The molecule has 0 radical (unpaired) electrons. The van der Waals surface area contributed by atoms with Crippen LogP contribution in [0.15, 0.2) is 52.7 Å². The maximum atomic E-state index is 11.9. The number of fused-ring (bicyclic) bond motifs is 2. The van der Waals surface area contributed by atoms with Crippen molar-refractivity contribution in [2.24, 2.45) is 10.2 Å². The molecule has 0 aliphatic carbocycles. The van der Waals surface area contributed by atoms with Crippen molar-refractivity contribution in [1.29, 1.82) is 0 Å². The SMILES string of the molecule is O=C1Nc2ccccc2/C1=N/N=C/c1ccc2c(c1)OCCO2.